The Labute approximate surface area is 144 Å². The first-order valence-corrected chi connectivity index (χ1v) is 9.30. The SMILES string of the molecule is O=C(Cc1ccc(Cl)cc1)N1CC(S(=O)(=O)c2ccc(F)cc2)C1. The molecule has 0 saturated carbocycles. The third kappa shape index (κ3) is 3.44. The highest BCUT2D eigenvalue weighted by molar-refractivity contribution is 7.92. The minimum Gasteiger partial charge on any atom is -0.340 e. The third-order valence-electron chi connectivity index (χ3n) is 4.05. The molecule has 0 bridgehead atoms. The van der Waals surface area contributed by atoms with Gasteiger partial charge in [-0.1, -0.05) is 23.7 Å². The fourth-order valence-corrected chi connectivity index (χ4v) is 4.32. The zero-order valence-corrected chi connectivity index (χ0v) is 14.2. The molecule has 126 valence electrons. The minimum absolute atomic E-state index is 0.0821. The molecule has 1 saturated heterocycles. The van der Waals surface area contributed by atoms with E-state index in [4.69, 9.17) is 11.6 Å². The van der Waals surface area contributed by atoms with Crippen molar-refractivity contribution in [1.29, 1.82) is 0 Å². The Kier molecular flexibility index (Phi) is 4.60. The van der Waals surface area contributed by atoms with Crippen LogP contribution in [0.15, 0.2) is 53.4 Å². The van der Waals surface area contributed by atoms with Gasteiger partial charge in [-0.15, -0.1) is 0 Å². The molecule has 7 heteroatoms. The summed E-state index contributed by atoms with van der Waals surface area (Å²) in [6, 6.07) is 11.7. The quantitative estimate of drug-likeness (QED) is 0.781. The lowest BCUT2D eigenvalue weighted by atomic mass is 10.1. The van der Waals surface area contributed by atoms with E-state index in [0.717, 1.165) is 17.7 Å². The summed E-state index contributed by atoms with van der Waals surface area (Å²) < 4.78 is 37.7. The fourth-order valence-electron chi connectivity index (χ4n) is 2.54. The number of hydrogen-bond acceptors (Lipinski definition) is 3. The van der Waals surface area contributed by atoms with Crippen molar-refractivity contribution in [3.63, 3.8) is 0 Å². The highest BCUT2D eigenvalue weighted by Crippen LogP contribution is 2.24. The average Bonchev–Trinajstić information content (AvgIpc) is 2.48. The van der Waals surface area contributed by atoms with Crippen LogP contribution in [0.2, 0.25) is 5.02 Å². The Morgan fingerprint density at radius 1 is 1.08 bits per heavy atom. The van der Waals surface area contributed by atoms with Crippen LogP contribution in [0.4, 0.5) is 4.39 Å². The Balaban J connectivity index is 1.61. The standard InChI is InChI=1S/C17H15ClFNO3S/c18-13-3-1-12(2-4-13)9-17(21)20-10-16(11-20)24(22,23)15-7-5-14(19)6-8-15/h1-8,16H,9-11H2. The summed E-state index contributed by atoms with van der Waals surface area (Å²) in [5, 5.41) is -0.0438. The van der Waals surface area contributed by atoms with Crippen LogP contribution in [-0.4, -0.2) is 37.6 Å². The Morgan fingerprint density at radius 2 is 1.67 bits per heavy atom. The second-order valence-electron chi connectivity index (χ2n) is 5.72. The number of rotatable bonds is 4. The molecule has 1 aliphatic heterocycles. The third-order valence-corrected chi connectivity index (χ3v) is 6.41. The first-order valence-electron chi connectivity index (χ1n) is 7.38. The van der Waals surface area contributed by atoms with Gasteiger partial charge in [0.1, 0.15) is 11.1 Å². The molecule has 0 N–H and O–H groups in total. The maximum absolute atomic E-state index is 12.9. The van der Waals surface area contributed by atoms with E-state index in [9.17, 15) is 17.6 Å². The van der Waals surface area contributed by atoms with Crippen molar-refractivity contribution in [2.75, 3.05) is 13.1 Å². The number of nitrogens with zero attached hydrogens (tertiary/aromatic N) is 1. The monoisotopic (exact) mass is 367 g/mol. The lowest BCUT2D eigenvalue weighted by Gasteiger charge is -2.38. The van der Waals surface area contributed by atoms with Gasteiger partial charge in [0.15, 0.2) is 9.84 Å². The van der Waals surface area contributed by atoms with Gasteiger partial charge >= 0.3 is 0 Å². The minimum atomic E-state index is -3.54. The zero-order chi connectivity index (χ0) is 17.3. The zero-order valence-electron chi connectivity index (χ0n) is 12.7. The van der Waals surface area contributed by atoms with Crippen molar-refractivity contribution in [1.82, 2.24) is 4.90 Å². The van der Waals surface area contributed by atoms with E-state index in [-0.39, 0.29) is 30.3 Å². The number of sulfone groups is 1. The summed E-state index contributed by atoms with van der Waals surface area (Å²) >= 11 is 5.80. The van der Waals surface area contributed by atoms with Gasteiger partial charge in [-0.25, -0.2) is 12.8 Å². The van der Waals surface area contributed by atoms with Gasteiger partial charge in [0.25, 0.3) is 0 Å². The molecule has 0 unspecified atom stereocenters. The molecule has 0 atom stereocenters. The van der Waals surface area contributed by atoms with Gasteiger partial charge in [-0.05, 0) is 42.0 Å². The molecular weight excluding hydrogens is 353 g/mol. The highest BCUT2D eigenvalue weighted by atomic mass is 35.5. The predicted molar refractivity (Wildman–Crippen MR) is 89.1 cm³/mol. The van der Waals surface area contributed by atoms with E-state index < -0.39 is 20.9 Å². The van der Waals surface area contributed by atoms with E-state index in [0.29, 0.717) is 5.02 Å². The van der Waals surface area contributed by atoms with Crippen molar-refractivity contribution < 1.29 is 17.6 Å². The molecule has 1 amide bonds. The van der Waals surface area contributed by atoms with Gasteiger partial charge in [0.2, 0.25) is 5.91 Å². The van der Waals surface area contributed by atoms with Crippen LogP contribution >= 0.6 is 11.6 Å². The summed E-state index contributed by atoms with van der Waals surface area (Å²) in [5.74, 6) is -0.606. The van der Waals surface area contributed by atoms with E-state index in [1.54, 1.807) is 24.3 Å². The topological polar surface area (TPSA) is 54.5 Å². The number of carbonyl (C=O) groups is 1. The summed E-state index contributed by atoms with van der Waals surface area (Å²) in [5.41, 5.74) is 0.828. The van der Waals surface area contributed by atoms with Crippen LogP contribution in [0.5, 0.6) is 0 Å². The summed E-state index contributed by atoms with van der Waals surface area (Å²) in [6.45, 7) is 0.318. The Hall–Kier alpha value is -1.92. The van der Waals surface area contributed by atoms with Crippen molar-refractivity contribution in [3.8, 4) is 0 Å². The van der Waals surface area contributed by atoms with Crippen molar-refractivity contribution in [2.24, 2.45) is 0 Å². The maximum atomic E-state index is 12.9. The molecule has 2 aromatic carbocycles. The lowest BCUT2D eigenvalue weighted by Crippen LogP contribution is -2.57. The molecule has 0 aromatic heterocycles. The molecule has 3 rings (SSSR count). The van der Waals surface area contributed by atoms with Gasteiger partial charge < -0.3 is 4.90 Å². The van der Waals surface area contributed by atoms with Crippen LogP contribution in [0.1, 0.15) is 5.56 Å². The molecule has 1 aliphatic rings. The van der Waals surface area contributed by atoms with Crippen LogP contribution in [0, 0.1) is 5.82 Å². The molecule has 24 heavy (non-hydrogen) atoms. The largest absolute Gasteiger partial charge is 0.340 e. The number of halogens is 2. The van der Waals surface area contributed by atoms with Gasteiger partial charge in [-0.3, -0.25) is 4.79 Å². The van der Waals surface area contributed by atoms with Crippen molar-refractivity contribution >= 4 is 27.3 Å². The van der Waals surface area contributed by atoms with Gasteiger partial charge in [-0.2, -0.15) is 0 Å². The average molecular weight is 368 g/mol. The summed E-state index contributed by atoms with van der Waals surface area (Å²) in [6.07, 6.45) is 0.209. The Morgan fingerprint density at radius 3 is 2.25 bits per heavy atom. The van der Waals surface area contributed by atoms with E-state index in [2.05, 4.69) is 0 Å². The van der Waals surface area contributed by atoms with Crippen molar-refractivity contribution in [2.45, 2.75) is 16.6 Å². The molecule has 2 aromatic rings. The van der Waals surface area contributed by atoms with E-state index in [1.165, 1.54) is 17.0 Å². The molecular formula is C17H15ClFNO3S. The van der Waals surface area contributed by atoms with Gasteiger partial charge in [0.05, 0.1) is 11.3 Å². The normalized spacial score (nSPS) is 15.2. The van der Waals surface area contributed by atoms with Gasteiger partial charge in [0, 0.05) is 18.1 Å². The molecule has 0 spiro atoms. The van der Waals surface area contributed by atoms with Crippen LogP contribution in [0.25, 0.3) is 0 Å². The second-order valence-corrected chi connectivity index (χ2v) is 8.39. The lowest BCUT2D eigenvalue weighted by molar-refractivity contribution is -0.133. The van der Waals surface area contributed by atoms with Crippen LogP contribution < -0.4 is 0 Å². The second kappa shape index (κ2) is 6.53. The highest BCUT2D eigenvalue weighted by Gasteiger charge is 2.40. The maximum Gasteiger partial charge on any atom is 0.227 e. The van der Waals surface area contributed by atoms with E-state index >= 15 is 0 Å². The Bertz CT molecular complexity index is 844. The molecule has 4 nitrogen and oxygen atoms in total. The molecule has 1 heterocycles. The van der Waals surface area contributed by atoms with Crippen LogP contribution in [-0.2, 0) is 21.1 Å². The number of carbonyl (C=O) groups excluding carboxylic acids is 1. The number of likely N-dealkylation sites (tertiary alicyclic amines) is 1. The molecule has 1 fully saturated rings. The fraction of sp³-hybridized carbons (Fsp3) is 0.235. The first kappa shape index (κ1) is 16.9. The number of amides is 1. The van der Waals surface area contributed by atoms with E-state index in [1.807, 2.05) is 0 Å². The predicted octanol–water partition coefficient (Wildman–Crippen LogP) is 2.71. The van der Waals surface area contributed by atoms with Crippen molar-refractivity contribution in [3.05, 3.63) is 64.9 Å². The molecule has 0 radical (unpaired) electrons. The number of benzene rings is 2. The smallest absolute Gasteiger partial charge is 0.227 e. The first-order chi connectivity index (χ1) is 11.4. The molecule has 0 aliphatic carbocycles. The summed E-state index contributed by atoms with van der Waals surface area (Å²) in [4.78, 5) is 13.8. The summed E-state index contributed by atoms with van der Waals surface area (Å²) in [7, 11) is -3.54. The van der Waals surface area contributed by atoms with Crippen LogP contribution in [0.3, 0.4) is 0 Å². The number of hydrogen-bond donors (Lipinski definition) is 0.